The van der Waals surface area contributed by atoms with Crippen LogP contribution in [0.15, 0.2) is 48.7 Å². The summed E-state index contributed by atoms with van der Waals surface area (Å²) in [6, 6.07) is 12.8. The van der Waals surface area contributed by atoms with Crippen molar-refractivity contribution in [3.05, 3.63) is 59.9 Å². The molecule has 0 aliphatic carbocycles. The van der Waals surface area contributed by atoms with Gasteiger partial charge in [0.05, 0.1) is 11.8 Å². The standard InChI is InChI=1S/C15H18N2O2.2C2HF3O2/c1-17(10-13-14(18)8-5-9-16-13)11-15(19)12-6-3-2-4-7-12;2*3-2(4,5)1(6)7/h2-9,15,18-19H,10-11H2,1H3;2*(H,6,7). The smallest absolute Gasteiger partial charge is 0.490 e. The first-order chi connectivity index (χ1) is 15.1. The van der Waals surface area contributed by atoms with Gasteiger partial charge < -0.3 is 20.4 Å². The molecule has 1 atom stereocenters. The van der Waals surface area contributed by atoms with Gasteiger partial charge in [0, 0.05) is 19.3 Å². The van der Waals surface area contributed by atoms with Gasteiger partial charge in [-0.15, -0.1) is 0 Å². The maximum atomic E-state index is 10.6. The molecule has 0 spiro atoms. The number of halogens is 6. The zero-order chi connectivity index (χ0) is 25.8. The number of aliphatic hydroxyl groups excluding tert-OH is 1. The van der Waals surface area contributed by atoms with Crippen molar-refractivity contribution >= 4 is 11.9 Å². The van der Waals surface area contributed by atoms with Gasteiger partial charge in [0.25, 0.3) is 0 Å². The van der Waals surface area contributed by atoms with Crippen LogP contribution in [0.5, 0.6) is 5.75 Å². The molecule has 1 aromatic heterocycles. The minimum absolute atomic E-state index is 0.184. The van der Waals surface area contributed by atoms with Gasteiger partial charge in [0.2, 0.25) is 0 Å². The predicted octanol–water partition coefficient (Wildman–Crippen LogP) is 3.22. The summed E-state index contributed by atoms with van der Waals surface area (Å²) < 4.78 is 63.5. The van der Waals surface area contributed by atoms with Gasteiger partial charge in [-0.3, -0.25) is 9.88 Å². The highest BCUT2D eigenvalue weighted by Crippen LogP contribution is 2.17. The average Bonchev–Trinajstić information content (AvgIpc) is 2.70. The molecule has 33 heavy (non-hydrogen) atoms. The Balaban J connectivity index is 0.000000605. The van der Waals surface area contributed by atoms with Crippen LogP contribution in [-0.4, -0.2) is 68.2 Å². The van der Waals surface area contributed by atoms with Gasteiger partial charge in [-0.05, 0) is 24.7 Å². The van der Waals surface area contributed by atoms with Crippen molar-refractivity contribution in [2.24, 2.45) is 0 Å². The number of carboxylic acids is 2. The molecule has 0 aliphatic heterocycles. The first-order valence-electron chi connectivity index (χ1n) is 8.70. The Hall–Kier alpha value is -3.39. The van der Waals surface area contributed by atoms with Gasteiger partial charge in [0.15, 0.2) is 0 Å². The third kappa shape index (κ3) is 12.9. The van der Waals surface area contributed by atoms with E-state index in [0.29, 0.717) is 18.8 Å². The number of hydrogen-bond acceptors (Lipinski definition) is 6. The fourth-order valence-corrected chi connectivity index (χ4v) is 1.95. The molecule has 0 saturated carbocycles. The zero-order valence-corrected chi connectivity index (χ0v) is 16.9. The number of rotatable bonds is 5. The first kappa shape index (κ1) is 29.6. The summed E-state index contributed by atoms with van der Waals surface area (Å²) in [4.78, 5) is 23.8. The Morgan fingerprint density at radius 1 is 0.939 bits per heavy atom. The van der Waals surface area contributed by atoms with Gasteiger partial charge in [-0.1, -0.05) is 30.3 Å². The van der Waals surface area contributed by atoms with E-state index in [1.54, 1.807) is 18.3 Å². The van der Waals surface area contributed by atoms with Crippen LogP contribution in [0.25, 0.3) is 0 Å². The Morgan fingerprint density at radius 3 is 1.79 bits per heavy atom. The van der Waals surface area contributed by atoms with Gasteiger partial charge in [-0.2, -0.15) is 26.3 Å². The molecular formula is C19H20F6N2O6. The molecule has 14 heteroatoms. The van der Waals surface area contributed by atoms with Crippen LogP contribution in [0.4, 0.5) is 26.3 Å². The molecule has 0 radical (unpaired) electrons. The SMILES string of the molecule is CN(Cc1ncccc1O)CC(O)c1ccccc1.O=C(O)C(F)(F)F.O=C(O)C(F)(F)F. The normalized spacial score (nSPS) is 12.0. The topological polar surface area (TPSA) is 131 Å². The number of aromatic hydroxyl groups is 1. The van der Waals surface area contributed by atoms with Gasteiger partial charge in [-0.25, -0.2) is 9.59 Å². The molecule has 0 aliphatic rings. The molecule has 2 rings (SSSR count). The highest BCUT2D eigenvalue weighted by molar-refractivity contribution is 5.73. The lowest BCUT2D eigenvalue weighted by Crippen LogP contribution is -2.24. The van der Waals surface area contributed by atoms with Crippen molar-refractivity contribution in [2.75, 3.05) is 13.6 Å². The minimum Gasteiger partial charge on any atom is -0.506 e. The summed E-state index contributed by atoms with van der Waals surface area (Å²) in [6.45, 7) is 0.983. The molecule has 2 aromatic rings. The predicted molar refractivity (Wildman–Crippen MR) is 101 cm³/mol. The van der Waals surface area contributed by atoms with Crippen LogP contribution >= 0.6 is 0 Å². The molecule has 184 valence electrons. The fraction of sp³-hybridized carbons (Fsp3) is 0.316. The van der Waals surface area contributed by atoms with Crippen molar-refractivity contribution < 1.29 is 56.4 Å². The average molecular weight is 486 g/mol. The third-order valence-corrected chi connectivity index (χ3v) is 3.44. The second-order valence-corrected chi connectivity index (χ2v) is 6.20. The number of carboxylic acid groups (broad SMARTS) is 2. The number of pyridine rings is 1. The maximum Gasteiger partial charge on any atom is 0.490 e. The number of aliphatic carboxylic acids is 2. The minimum atomic E-state index is -5.08. The summed E-state index contributed by atoms with van der Waals surface area (Å²) in [7, 11) is 1.89. The van der Waals surface area contributed by atoms with E-state index < -0.39 is 30.4 Å². The molecule has 0 bridgehead atoms. The number of benzene rings is 1. The monoisotopic (exact) mass is 486 g/mol. The number of aliphatic hydroxyl groups is 1. The van der Waals surface area contributed by atoms with Crippen LogP contribution < -0.4 is 0 Å². The number of aromatic nitrogens is 1. The number of alkyl halides is 6. The van der Waals surface area contributed by atoms with Crippen LogP contribution in [-0.2, 0) is 16.1 Å². The number of hydrogen-bond donors (Lipinski definition) is 4. The molecule has 8 nitrogen and oxygen atoms in total. The second kappa shape index (κ2) is 13.2. The molecular weight excluding hydrogens is 466 g/mol. The quantitative estimate of drug-likeness (QED) is 0.474. The van der Waals surface area contributed by atoms with Crippen molar-refractivity contribution in [1.82, 2.24) is 9.88 Å². The highest BCUT2D eigenvalue weighted by Gasteiger charge is 2.38. The third-order valence-electron chi connectivity index (χ3n) is 3.44. The van der Waals surface area contributed by atoms with Crippen molar-refractivity contribution in [1.29, 1.82) is 0 Å². The molecule has 0 saturated heterocycles. The first-order valence-corrected chi connectivity index (χ1v) is 8.70. The molecule has 1 heterocycles. The van der Waals surface area contributed by atoms with Crippen molar-refractivity contribution in [2.45, 2.75) is 25.0 Å². The van der Waals surface area contributed by atoms with Crippen molar-refractivity contribution in [3.8, 4) is 5.75 Å². The highest BCUT2D eigenvalue weighted by atomic mass is 19.4. The van der Waals surface area contributed by atoms with E-state index in [2.05, 4.69) is 4.98 Å². The van der Waals surface area contributed by atoms with E-state index >= 15 is 0 Å². The van der Waals surface area contributed by atoms with Crippen LogP contribution in [0.1, 0.15) is 17.4 Å². The summed E-state index contributed by atoms with van der Waals surface area (Å²) in [5.41, 5.74) is 1.50. The van der Waals surface area contributed by atoms with E-state index in [0.717, 1.165) is 5.56 Å². The Morgan fingerprint density at radius 2 is 1.39 bits per heavy atom. The van der Waals surface area contributed by atoms with Gasteiger partial charge >= 0.3 is 24.3 Å². The van der Waals surface area contributed by atoms with E-state index in [-0.39, 0.29) is 5.75 Å². The molecule has 0 fully saturated rings. The van der Waals surface area contributed by atoms with E-state index in [9.17, 15) is 36.6 Å². The lowest BCUT2D eigenvalue weighted by molar-refractivity contribution is -0.193. The number of likely N-dealkylation sites (N-methyl/N-ethyl adjacent to an activating group) is 1. The Labute approximate surface area is 183 Å². The lowest BCUT2D eigenvalue weighted by atomic mass is 10.1. The number of nitrogens with zero attached hydrogens (tertiary/aromatic N) is 2. The second-order valence-electron chi connectivity index (χ2n) is 6.20. The molecule has 1 unspecified atom stereocenters. The Bertz CT molecular complexity index is 853. The fourth-order valence-electron chi connectivity index (χ4n) is 1.95. The zero-order valence-electron chi connectivity index (χ0n) is 16.9. The van der Waals surface area contributed by atoms with Gasteiger partial charge in [0.1, 0.15) is 5.75 Å². The summed E-state index contributed by atoms with van der Waals surface area (Å²) >= 11 is 0. The maximum absolute atomic E-state index is 10.6. The van der Waals surface area contributed by atoms with E-state index in [1.807, 2.05) is 42.3 Å². The van der Waals surface area contributed by atoms with E-state index in [4.69, 9.17) is 19.8 Å². The lowest BCUT2D eigenvalue weighted by Gasteiger charge is -2.20. The van der Waals surface area contributed by atoms with Crippen LogP contribution in [0.3, 0.4) is 0 Å². The van der Waals surface area contributed by atoms with Crippen molar-refractivity contribution in [3.63, 3.8) is 0 Å². The molecule has 0 amide bonds. The van der Waals surface area contributed by atoms with Crippen LogP contribution in [0, 0.1) is 0 Å². The summed E-state index contributed by atoms with van der Waals surface area (Å²) in [6.07, 6.45) is -9.06. The Kier molecular flexibility index (Phi) is 11.9. The number of carbonyl (C=O) groups is 2. The largest absolute Gasteiger partial charge is 0.506 e. The van der Waals surface area contributed by atoms with Crippen LogP contribution in [0.2, 0.25) is 0 Å². The summed E-state index contributed by atoms with van der Waals surface area (Å²) in [5, 5.41) is 34.0. The van der Waals surface area contributed by atoms with E-state index in [1.165, 1.54) is 0 Å². The molecule has 4 N–H and O–H groups in total. The summed E-state index contributed by atoms with van der Waals surface area (Å²) in [5.74, 6) is -5.33. The molecule has 1 aromatic carbocycles.